The van der Waals surface area contributed by atoms with Crippen molar-refractivity contribution in [2.24, 2.45) is 5.10 Å². The summed E-state index contributed by atoms with van der Waals surface area (Å²) in [5, 5.41) is 4.98. The summed E-state index contributed by atoms with van der Waals surface area (Å²) >= 11 is 10.6. The Balaban J connectivity index is 1.76. The molecule has 0 aliphatic heterocycles. The summed E-state index contributed by atoms with van der Waals surface area (Å²) in [5.74, 6) is 1.03. The number of hydrogen-bond acceptors (Lipinski definition) is 5. The van der Waals surface area contributed by atoms with Crippen LogP contribution in [0.1, 0.15) is 43.6 Å². The molecule has 0 radical (unpaired) electrons. The molecular weight excluding hydrogens is 673 g/mol. The van der Waals surface area contributed by atoms with Crippen LogP contribution in [-0.2, 0) is 6.61 Å². The van der Waals surface area contributed by atoms with Gasteiger partial charge in [-0.1, -0.05) is 48.0 Å². The largest absolute Gasteiger partial charge is 0.490 e. The Morgan fingerprint density at radius 1 is 1.08 bits per heavy atom. The van der Waals surface area contributed by atoms with Gasteiger partial charge in [0.2, 0.25) is 0 Å². The molecule has 0 saturated carbocycles. The number of aromatic nitrogens is 2. The minimum Gasteiger partial charge on any atom is -0.490 e. The average Bonchev–Trinajstić information content (AvgIpc) is 2.87. The minimum atomic E-state index is -0.346. The van der Waals surface area contributed by atoms with Crippen LogP contribution in [0.4, 0.5) is 4.39 Å². The minimum absolute atomic E-state index is 0.0245. The van der Waals surface area contributed by atoms with Crippen molar-refractivity contribution >= 4 is 64.9 Å². The Bertz CT molecular complexity index is 1550. The van der Waals surface area contributed by atoms with Crippen LogP contribution >= 0.6 is 47.8 Å². The molecule has 0 aliphatic rings. The van der Waals surface area contributed by atoms with Crippen LogP contribution in [0.5, 0.6) is 11.5 Å². The van der Waals surface area contributed by atoms with Crippen molar-refractivity contribution in [3.8, 4) is 11.5 Å². The molecule has 0 aliphatic carbocycles. The number of hydrogen-bond donors (Lipinski definition) is 0. The van der Waals surface area contributed by atoms with Crippen molar-refractivity contribution < 1.29 is 13.9 Å². The lowest BCUT2D eigenvalue weighted by Gasteiger charge is -2.17. The summed E-state index contributed by atoms with van der Waals surface area (Å²) in [5.41, 5.74) is 1.41. The molecule has 0 atom stereocenters. The van der Waals surface area contributed by atoms with Gasteiger partial charge in [-0.2, -0.15) is 9.78 Å². The zero-order valence-corrected chi connectivity index (χ0v) is 25.0. The number of nitrogens with zero attached hydrogens (tertiary/aromatic N) is 3. The Morgan fingerprint density at radius 2 is 1.84 bits per heavy atom. The van der Waals surface area contributed by atoms with Gasteiger partial charge in [0.05, 0.1) is 28.2 Å². The molecule has 0 N–H and O–H groups in total. The molecule has 192 valence electrons. The second-order valence-corrected chi connectivity index (χ2v) is 10.9. The second-order valence-electron chi connectivity index (χ2n) is 8.38. The topological polar surface area (TPSA) is 65.7 Å². The van der Waals surface area contributed by atoms with Crippen LogP contribution in [-0.4, -0.2) is 22.5 Å². The van der Waals surface area contributed by atoms with Gasteiger partial charge in [0, 0.05) is 26.0 Å². The van der Waals surface area contributed by atoms with E-state index in [0.717, 1.165) is 4.47 Å². The predicted molar refractivity (Wildman–Crippen MR) is 155 cm³/mol. The quantitative estimate of drug-likeness (QED) is 0.177. The molecular formula is C27H23Br3FN3O3. The molecule has 1 aromatic heterocycles. The summed E-state index contributed by atoms with van der Waals surface area (Å²) in [6.07, 6.45) is 1.57. The Morgan fingerprint density at radius 3 is 2.54 bits per heavy atom. The van der Waals surface area contributed by atoms with Crippen molar-refractivity contribution in [3.05, 3.63) is 95.1 Å². The van der Waals surface area contributed by atoms with Crippen LogP contribution in [0.15, 0.2) is 71.8 Å². The lowest BCUT2D eigenvalue weighted by Crippen LogP contribution is -2.23. The van der Waals surface area contributed by atoms with Gasteiger partial charge in [-0.25, -0.2) is 9.37 Å². The van der Waals surface area contributed by atoms with Crippen LogP contribution in [0.25, 0.3) is 10.9 Å². The van der Waals surface area contributed by atoms with Crippen LogP contribution in [0, 0.1) is 5.82 Å². The maximum Gasteiger partial charge on any atom is 0.282 e. The number of fused-ring (bicyclic) bond motifs is 1. The van der Waals surface area contributed by atoms with Crippen molar-refractivity contribution in [2.75, 3.05) is 6.61 Å². The number of benzene rings is 3. The zero-order valence-electron chi connectivity index (χ0n) is 20.3. The van der Waals surface area contributed by atoms with E-state index in [0.29, 0.717) is 54.9 Å². The van der Waals surface area contributed by atoms with Crippen LogP contribution in [0.3, 0.4) is 0 Å². The van der Waals surface area contributed by atoms with E-state index in [1.807, 2.05) is 32.9 Å². The van der Waals surface area contributed by atoms with Gasteiger partial charge in [-0.05, 0) is 69.1 Å². The fraction of sp³-hybridized carbons (Fsp3) is 0.222. The molecule has 0 amide bonds. The third-order valence-corrected chi connectivity index (χ3v) is 8.08. The molecule has 4 aromatic rings. The summed E-state index contributed by atoms with van der Waals surface area (Å²) in [6.45, 7) is 6.19. The molecule has 1 heterocycles. The van der Waals surface area contributed by atoms with Gasteiger partial charge in [0.25, 0.3) is 5.56 Å². The molecule has 0 saturated heterocycles. The summed E-state index contributed by atoms with van der Waals surface area (Å²) in [7, 11) is 0. The van der Waals surface area contributed by atoms with E-state index in [2.05, 4.69) is 57.9 Å². The highest BCUT2D eigenvalue weighted by Crippen LogP contribution is 2.43. The van der Waals surface area contributed by atoms with E-state index in [4.69, 9.17) is 9.47 Å². The van der Waals surface area contributed by atoms with E-state index in [1.54, 1.807) is 36.5 Å². The van der Waals surface area contributed by atoms with Gasteiger partial charge >= 0.3 is 0 Å². The molecule has 0 unspecified atom stereocenters. The maximum atomic E-state index is 14.1. The number of rotatable bonds is 8. The van der Waals surface area contributed by atoms with Crippen molar-refractivity contribution in [1.82, 2.24) is 9.66 Å². The smallest absolute Gasteiger partial charge is 0.282 e. The summed E-state index contributed by atoms with van der Waals surface area (Å²) in [6, 6.07) is 13.6. The Labute approximate surface area is 238 Å². The van der Waals surface area contributed by atoms with Crippen LogP contribution < -0.4 is 15.0 Å². The zero-order chi connectivity index (χ0) is 26.7. The van der Waals surface area contributed by atoms with Gasteiger partial charge in [0.15, 0.2) is 11.5 Å². The molecule has 37 heavy (non-hydrogen) atoms. The van der Waals surface area contributed by atoms with Gasteiger partial charge in [0.1, 0.15) is 18.2 Å². The first-order valence-corrected chi connectivity index (χ1v) is 13.9. The lowest BCUT2D eigenvalue weighted by molar-refractivity contribution is 0.264. The monoisotopic (exact) mass is 693 g/mol. The van der Waals surface area contributed by atoms with E-state index in [-0.39, 0.29) is 23.9 Å². The molecule has 0 fully saturated rings. The van der Waals surface area contributed by atoms with E-state index in [1.165, 1.54) is 10.7 Å². The van der Waals surface area contributed by atoms with Crippen molar-refractivity contribution in [3.63, 3.8) is 0 Å². The van der Waals surface area contributed by atoms with E-state index < -0.39 is 0 Å². The van der Waals surface area contributed by atoms with Gasteiger partial charge in [-0.15, -0.1) is 0 Å². The molecule has 10 heteroatoms. The standard InChI is InChI=1S/C27H23Br3FN3O3/c1-4-36-22-11-17(23(29)24(30)25(22)37-14-16-7-5-6-8-20(16)31)13-32-34-26(15(2)3)33-21-10-9-18(28)12-19(21)27(34)35/h5-13,15H,4,14H2,1-3H3. The van der Waals surface area contributed by atoms with Gasteiger partial charge < -0.3 is 9.47 Å². The first-order valence-electron chi connectivity index (χ1n) is 11.5. The second kappa shape index (κ2) is 11.9. The number of halogens is 4. The highest BCUT2D eigenvalue weighted by Gasteiger charge is 2.19. The van der Waals surface area contributed by atoms with Gasteiger partial charge in [-0.3, -0.25) is 4.79 Å². The predicted octanol–water partition coefficient (Wildman–Crippen LogP) is 7.81. The summed E-state index contributed by atoms with van der Waals surface area (Å²) in [4.78, 5) is 18.0. The highest BCUT2D eigenvalue weighted by molar-refractivity contribution is 9.13. The first kappa shape index (κ1) is 27.5. The first-order chi connectivity index (χ1) is 17.7. The molecule has 0 spiro atoms. The highest BCUT2D eigenvalue weighted by atomic mass is 79.9. The summed E-state index contributed by atoms with van der Waals surface area (Å²) < 4.78 is 29.2. The fourth-order valence-electron chi connectivity index (χ4n) is 3.63. The Kier molecular flexibility index (Phi) is 8.82. The molecule has 6 nitrogen and oxygen atoms in total. The average molecular weight is 696 g/mol. The third kappa shape index (κ3) is 5.97. The normalized spacial score (nSPS) is 11.6. The van der Waals surface area contributed by atoms with E-state index >= 15 is 0 Å². The van der Waals surface area contributed by atoms with Crippen molar-refractivity contribution in [1.29, 1.82) is 0 Å². The fourth-order valence-corrected chi connectivity index (χ4v) is 4.93. The Hall–Kier alpha value is -2.56. The lowest BCUT2D eigenvalue weighted by atomic mass is 10.2. The number of ether oxygens (including phenoxy) is 2. The molecule has 3 aromatic carbocycles. The van der Waals surface area contributed by atoms with Crippen molar-refractivity contribution in [2.45, 2.75) is 33.3 Å². The van der Waals surface area contributed by atoms with E-state index in [9.17, 15) is 9.18 Å². The SMILES string of the molecule is CCOc1cc(C=Nn2c(C(C)C)nc3ccc(Br)cc3c2=O)c(Br)c(Br)c1OCc1ccccc1F. The molecule has 0 bridgehead atoms. The third-order valence-electron chi connectivity index (χ3n) is 5.45. The van der Waals surface area contributed by atoms with Crippen LogP contribution in [0.2, 0.25) is 0 Å². The maximum absolute atomic E-state index is 14.1. The molecule has 4 rings (SSSR count).